The van der Waals surface area contributed by atoms with E-state index in [1.54, 1.807) is 0 Å². The number of hydrogen-bond acceptors (Lipinski definition) is 1. The van der Waals surface area contributed by atoms with Gasteiger partial charge in [0.05, 0.1) is 0 Å². The Morgan fingerprint density at radius 1 is 1.30 bits per heavy atom. The lowest BCUT2D eigenvalue weighted by atomic mass is 10.2. The van der Waals surface area contributed by atoms with Crippen molar-refractivity contribution in [1.29, 1.82) is 0 Å². The van der Waals surface area contributed by atoms with Crippen LogP contribution in [0.15, 0.2) is 36.1 Å². The summed E-state index contributed by atoms with van der Waals surface area (Å²) in [6.07, 6.45) is 1.97. The van der Waals surface area contributed by atoms with Crippen LogP contribution in [0.1, 0.15) is 13.8 Å². The van der Waals surface area contributed by atoms with Gasteiger partial charge in [-0.3, -0.25) is 0 Å². The molecular weight excluding hydrogens is 122 g/mol. The smallest absolute Gasteiger partial charge is 0.0363 e. The Morgan fingerprint density at radius 3 is 1.90 bits per heavy atom. The molecule has 1 heteroatoms. The van der Waals surface area contributed by atoms with Crippen LogP contribution in [0.2, 0.25) is 0 Å². The highest BCUT2D eigenvalue weighted by Gasteiger charge is 1.91. The van der Waals surface area contributed by atoms with E-state index >= 15 is 0 Å². The predicted molar refractivity (Wildman–Crippen MR) is 46.8 cm³/mol. The van der Waals surface area contributed by atoms with Crippen LogP contribution in [-0.4, -0.2) is 7.05 Å². The van der Waals surface area contributed by atoms with Crippen LogP contribution in [0.25, 0.3) is 0 Å². The third kappa shape index (κ3) is 3.13. The first-order chi connectivity index (χ1) is 4.57. The number of allylic oxidation sites excluding steroid dienone is 3. The van der Waals surface area contributed by atoms with Gasteiger partial charge in [-0.2, -0.15) is 0 Å². The van der Waals surface area contributed by atoms with Gasteiger partial charge in [0.2, 0.25) is 0 Å². The Morgan fingerprint density at radius 2 is 1.80 bits per heavy atom. The lowest BCUT2D eigenvalue weighted by Crippen LogP contribution is -2.06. The second-order valence-electron chi connectivity index (χ2n) is 2.43. The zero-order valence-electron chi connectivity index (χ0n) is 6.99. The minimum atomic E-state index is 1.03. The molecule has 0 bridgehead atoms. The van der Waals surface area contributed by atoms with Crippen LogP contribution in [-0.2, 0) is 0 Å². The largest absolute Gasteiger partial charge is 0.388 e. The zero-order chi connectivity index (χ0) is 8.15. The van der Waals surface area contributed by atoms with E-state index in [1.807, 2.05) is 27.0 Å². The molecule has 0 spiro atoms. The number of hydrogen-bond donors (Lipinski definition) is 1. The highest BCUT2D eigenvalue weighted by Crippen LogP contribution is 2.04. The third-order valence-corrected chi connectivity index (χ3v) is 1.12. The van der Waals surface area contributed by atoms with Crippen molar-refractivity contribution in [3.8, 4) is 0 Å². The molecule has 0 aliphatic rings. The van der Waals surface area contributed by atoms with Gasteiger partial charge >= 0.3 is 0 Å². The van der Waals surface area contributed by atoms with Crippen molar-refractivity contribution in [1.82, 2.24) is 5.32 Å². The molecule has 0 fully saturated rings. The molecule has 56 valence electrons. The monoisotopic (exact) mass is 137 g/mol. The molecule has 0 rings (SSSR count). The van der Waals surface area contributed by atoms with Crippen molar-refractivity contribution in [2.24, 2.45) is 0 Å². The summed E-state index contributed by atoms with van der Waals surface area (Å²) in [5.41, 5.74) is 3.12. The summed E-state index contributed by atoms with van der Waals surface area (Å²) in [4.78, 5) is 0. The molecule has 0 aromatic rings. The fourth-order valence-electron chi connectivity index (χ4n) is 0.655. The zero-order valence-corrected chi connectivity index (χ0v) is 6.99. The topological polar surface area (TPSA) is 12.0 Å². The molecule has 1 nitrogen and oxygen atoms in total. The Labute approximate surface area is 63.1 Å². The maximum Gasteiger partial charge on any atom is 0.0363 e. The van der Waals surface area contributed by atoms with E-state index in [4.69, 9.17) is 0 Å². The van der Waals surface area contributed by atoms with Gasteiger partial charge in [-0.1, -0.05) is 18.7 Å². The summed E-state index contributed by atoms with van der Waals surface area (Å²) in [5, 5.41) is 3.03. The molecule has 0 aromatic heterocycles. The highest BCUT2D eigenvalue weighted by molar-refractivity contribution is 5.30. The summed E-state index contributed by atoms with van der Waals surface area (Å²) in [6, 6.07) is 0. The van der Waals surface area contributed by atoms with Gasteiger partial charge < -0.3 is 5.32 Å². The lowest BCUT2D eigenvalue weighted by Gasteiger charge is -2.04. The summed E-state index contributed by atoms with van der Waals surface area (Å²) in [5.74, 6) is 0. The first-order valence-corrected chi connectivity index (χ1v) is 3.28. The van der Waals surface area contributed by atoms with Gasteiger partial charge in [0, 0.05) is 12.7 Å². The minimum Gasteiger partial charge on any atom is -0.388 e. The quantitative estimate of drug-likeness (QED) is 0.588. The fraction of sp³-hybridized carbons (Fsp3) is 0.333. The molecule has 0 heterocycles. The van der Waals surface area contributed by atoms with E-state index in [-0.39, 0.29) is 0 Å². The average molecular weight is 137 g/mol. The Bertz CT molecular complexity index is 175. The Hall–Kier alpha value is -0.980. The van der Waals surface area contributed by atoms with Crippen molar-refractivity contribution < 1.29 is 0 Å². The summed E-state index contributed by atoms with van der Waals surface area (Å²) in [6.45, 7) is 11.5. The first kappa shape index (κ1) is 9.02. The molecule has 0 aliphatic heterocycles. The van der Waals surface area contributed by atoms with Crippen LogP contribution >= 0.6 is 0 Å². The Balaban J connectivity index is 4.34. The number of nitrogens with one attached hydrogen (secondary N) is 1. The van der Waals surface area contributed by atoms with Gasteiger partial charge in [-0.25, -0.2) is 0 Å². The van der Waals surface area contributed by atoms with Gasteiger partial charge in [-0.05, 0) is 25.5 Å². The van der Waals surface area contributed by atoms with Crippen LogP contribution < -0.4 is 5.32 Å². The highest BCUT2D eigenvalue weighted by atomic mass is 14.8. The van der Waals surface area contributed by atoms with E-state index < -0.39 is 0 Å². The normalized spacial score (nSPS) is 10.9. The van der Waals surface area contributed by atoms with Crippen molar-refractivity contribution in [3.05, 3.63) is 36.1 Å². The first-order valence-electron chi connectivity index (χ1n) is 3.28. The van der Waals surface area contributed by atoms with Crippen molar-refractivity contribution in [2.45, 2.75) is 13.8 Å². The molecule has 0 saturated carbocycles. The summed E-state index contributed by atoms with van der Waals surface area (Å²) >= 11 is 0. The van der Waals surface area contributed by atoms with E-state index in [9.17, 15) is 0 Å². The maximum atomic E-state index is 3.81. The molecule has 0 radical (unpaired) electrons. The molecule has 10 heavy (non-hydrogen) atoms. The predicted octanol–water partition coefficient (Wildman–Crippen LogP) is 2.24. The van der Waals surface area contributed by atoms with Crippen LogP contribution in [0.4, 0.5) is 0 Å². The molecule has 0 aromatic carbocycles. The molecular formula is C9H15N. The fourth-order valence-corrected chi connectivity index (χ4v) is 0.655. The van der Waals surface area contributed by atoms with E-state index in [1.165, 1.54) is 0 Å². The van der Waals surface area contributed by atoms with Gasteiger partial charge in [0.25, 0.3) is 0 Å². The second-order valence-corrected chi connectivity index (χ2v) is 2.43. The minimum absolute atomic E-state index is 1.03. The second kappa shape index (κ2) is 3.94. The molecule has 1 N–H and O–H groups in total. The van der Waals surface area contributed by atoms with Crippen LogP contribution in [0, 0.1) is 0 Å². The van der Waals surface area contributed by atoms with E-state index in [0.717, 1.165) is 16.8 Å². The van der Waals surface area contributed by atoms with Gasteiger partial charge in [0.15, 0.2) is 0 Å². The molecule has 0 amide bonds. The molecule has 0 saturated heterocycles. The van der Waals surface area contributed by atoms with Crippen molar-refractivity contribution in [3.63, 3.8) is 0 Å². The van der Waals surface area contributed by atoms with Gasteiger partial charge in [0.1, 0.15) is 0 Å². The standard InChI is InChI=1S/C9H15N/c1-7(2)6-9(10-5)8(3)4/h6,10H,1,3H2,2,4-5H3/b9-6+. The SMILES string of the molecule is C=C(C)/C=C(/NC)C(=C)C. The van der Waals surface area contributed by atoms with Crippen molar-refractivity contribution >= 4 is 0 Å². The van der Waals surface area contributed by atoms with Crippen molar-refractivity contribution in [2.75, 3.05) is 7.05 Å². The lowest BCUT2D eigenvalue weighted by molar-refractivity contribution is 0.998. The van der Waals surface area contributed by atoms with Crippen LogP contribution in [0.5, 0.6) is 0 Å². The molecule has 0 aliphatic carbocycles. The van der Waals surface area contributed by atoms with Crippen LogP contribution in [0.3, 0.4) is 0 Å². The summed E-state index contributed by atoms with van der Waals surface area (Å²) < 4.78 is 0. The van der Waals surface area contributed by atoms with E-state index in [0.29, 0.717) is 0 Å². The third-order valence-electron chi connectivity index (χ3n) is 1.12. The number of likely N-dealkylation sites (N-methyl/N-ethyl adjacent to an activating group) is 1. The average Bonchev–Trinajstić information content (AvgIpc) is 1.81. The summed E-state index contributed by atoms with van der Waals surface area (Å²) in [7, 11) is 1.88. The molecule has 0 unspecified atom stereocenters. The molecule has 0 atom stereocenters. The van der Waals surface area contributed by atoms with Gasteiger partial charge in [-0.15, -0.1) is 0 Å². The maximum absolute atomic E-state index is 3.81. The number of rotatable bonds is 3. The van der Waals surface area contributed by atoms with E-state index in [2.05, 4.69) is 18.5 Å². The Kier molecular flexibility index (Phi) is 3.55.